The van der Waals surface area contributed by atoms with Gasteiger partial charge in [0, 0.05) is 5.54 Å². The molecule has 0 bridgehead atoms. The van der Waals surface area contributed by atoms with Gasteiger partial charge in [-0.3, -0.25) is 9.87 Å². The molecular formula is C21H45NO4S. The summed E-state index contributed by atoms with van der Waals surface area (Å²) >= 11 is 0. The normalized spacial score (nSPS) is 15.0. The molecule has 3 N–H and O–H groups in total. The Kier molecular flexibility index (Phi) is 14.7. The number of unbranched alkanes of at least 4 members (excludes halogenated alkanes) is 12. The molecular weight excluding hydrogens is 362 g/mol. The molecule has 0 rings (SSSR count). The summed E-state index contributed by atoms with van der Waals surface area (Å²) in [5.41, 5.74) is -0.449. The summed E-state index contributed by atoms with van der Waals surface area (Å²) in [6, 6.07) is 0. The fourth-order valence-corrected chi connectivity index (χ4v) is 4.45. The van der Waals surface area contributed by atoms with E-state index in [1.54, 1.807) is 0 Å². The quantitative estimate of drug-likeness (QED) is 0.208. The van der Waals surface area contributed by atoms with Gasteiger partial charge < -0.3 is 5.11 Å². The Morgan fingerprint density at radius 1 is 0.815 bits per heavy atom. The third kappa shape index (κ3) is 15.4. The van der Waals surface area contributed by atoms with Gasteiger partial charge in [-0.15, -0.1) is 0 Å². The molecule has 0 aromatic heterocycles. The number of rotatable bonds is 18. The molecule has 164 valence electrons. The molecule has 2 unspecified atom stereocenters. The van der Waals surface area contributed by atoms with Crippen LogP contribution in [0.1, 0.15) is 118 Å². The van der Waals surface area contributed by atoms with Crippen LogP contribution >= 0.6 is 0 Å². The molecule has 0 saturated carbocycles. The number of hydrogen-bond acceptors (Lipinski definition) is 4. The van der Waals surface area contributed by atoms with E-state index < -0.39 is 27.1 Å². The highest BCUT2D eigenvalue weighted by atomic mass is 32.2. The standard InChI is InChI=1S/C21H45NO4S/c1-5-6-7-8-9-10-11-12-13-14-15-16-17-18-21(3,4)22-20(19(2)23)27(24,25)26/h19-20,22-23H,5-18H2,1-4H3,(H,24,25,26). The van der Waals surface area contributed by atoms with Gasteiger partial charge in [0.05, 0.1) is 6.10 Å². The average molecular weight is 408 g/mol. The minimum absolute atomic E-state index is 0.449. The van der Waals surface area contributed by atoms with Crippen LogP contribution in [0.25, 0.3) is 0 Å². The highest BCUT2D eigenvalue weighted by molar-refractivity contribution is 7.86. The predicted molar refractivity (Wildman–Crippen MR) is 115 cm³/mol. The van der Waals surface area contributed by atoms with Crippen LogP contribution in [0.15, 0.2) is 0 Å². The summed E-state index contributed by atoms with van der Waals surface area (Å²) in [6.45, 7) is 7.44. The van der Waals surface area contributed by atoms with Gasteiger partial charge in [-0.05, 0) is 27.2 Å². The molecule has 0 spiro atoms. The summed E-state index contributed by atoms with van der Waals surface area (Å²) in [5, 5.41) is 11.1. The second kappa shape index (κ2) is 14.8. The maximum atomic E-state index is 11.4. The van der Waals surface area contributed by atoms with Crippen LogP contribution in [0.4, 0.5) is 0 Å². The van der Waals surface area contributed by atoms with Crippen LogP contribution in [-0.2, 0) is 10.1 Å². The van der Waals surface area contributed by atoms with Gasteiger partial charge in [0.25, 0.3) is 10.1 Å². The monoisotopic (exact) mass is 407 g/mol. The van der Waals surface area contributed by atoms with E-state index in [1.165, 1.54) is 77.6 Å². The molecule has 0 aliphatic heterocycles. The van der Waals surface area contributed by atoms with Gasteiger partial charge in [0.1, 0.15) is 0 Å². The smallest absolute Gasteiger partial charge is 0.283 e. The molecule has 0 aromatic rings. The molecule has 0 saturated heterocycles. The Bertz CT molecular complexity index is 449. The first kappa shape index (κ1) is 26.8. The zero-order valence-corrected chi connectivity index (χ0v) is 19.0. The van der Waals surface area contributed by atoms with Gasteiger partial charge in [-0.2, -0.15) is 8.42 Å². The topological polar surface area (TPSA) is 86.6 Å². The van der Waals surface area contributed by atoms with Crippen molar-refractivity contribution in [1.82, 2.24) is 5.32 Å². The Morgan fingerprint density at radius 3 is 1.52 bits per heavy atom. The third-order valence-corrected chi connectivity index (χ3v) is 6.35. The van der Waals surface area contributed by atoms with Crippen molar-refractivity contribution in [3.63, 3.8) is 0 Å². The van der Waals surface area contributed by atoms with Crippen LogP contribution in [-0.4, -0.2) is 35.1 Å². The van der Waals surface area contributed by atoms with Gasteiger partial charge in [-0.1, -0.05) is 90.4 Å². The number of aliphatic hydroxyl groups excluding tert-OH is 1. The van der Waals surface area contributed by atoms with Crippen molar-refractivity contribution in [2.24, 2.45) is 0 Å². The highest BCUT2D eigenvalue weighted by Crippen LogP contribution is 2.19. The van der Waals surface area contributed by atoms with Crippen molar-refractivity contribution < 1.29 is 18.1 Å². The zero-order valence-electron chi connectivity index (χ0n) is 18.2. The molecule has 0 aliphatic carbocycles. The first-order valence-electron chi connectivity index (χ1n) is 11.0. The van der Waals surface area contributed by atoms with E-state index in [0.717, 1.165) is 19.3 Å². The largest absolute Gasteiger partial charge is 0.391 e. The Morgan fingerprint density at radius 2 is 1.19 bits per heavy atom. The summed E-state index contributed by atoms with van der Waals surface area (Å²) in [6.07, 6.45) is 16.5. The van der Waals surface area contributed by atoms with Gasteiger partial charge in [-0.25, -0.2) is 0 Å². The van der Waals surface area contributed by atoms with Gasteiger partial charge in [0.15, 0.2) is 5.37 Å². The Balaban J connectivity index is 3.71. The number of aliphatic hydroxyl groups is 1. The molecule has 6 heteroatoms. The van der Waals surface area contributed by atoms with E-state index in [9.17, 15) is 18.1 Å². The molecule has 2 atom stereocenters. The molecule has 0 radical (unpaired) electrons. The first-order valence-corrected chi connectivity index (χ1v) is 12.5. The fourth-order valence-electron chi connectivity index (χ4n) is 3.49. The minimum Gasteiger partial charge on any atom is -0.391 e. The van der Waals surface area contributed by atoms with Gasteiger partial charge in [0.2, 0.25) is 0 Å². The van der Waals surface area contributed by atoms with E-state index >= 15 is 0 Å². The fraction of sp³-hybridized carbons (Fsp3) is 1.00. The molecule has 0 fully saturated rings. The van der Waals surface area contributed by atoms with E-state index in [1.807, 2.05) is 13.8 Å². The van der Waals surface area contributed by atoms with Crippen LogP contribution in [0.3, 0.4) is 0 Å². The van der Waals surface area contributed by atoms with Crippen molar-refractivity contribution in [2.45, 2.75) is 135 Å². The summed E-state index contributed by atoms with van der Waals surface area (Å²) in [4.78, 5) is 0. The number of nitrogens with one attached hydrogen (secondary N) is 1. The first-order chi connectivity index (χ1) is 12.6. The van der Waals surface area contributed by atoms with Crippen molar-refractivity contribution >= 4 is 10.1 Å². The molecule has 27 heavy (non-hydrogen) atoms. The van der Waals surface area contributed by atoms with Crippen LogP contribution in [0.5, 0.6) is 0 Å². The number of hydrogen-bond donors (Lipinski definition) is 3. The lowest BCUT2D eigenvalue weighted by Gasteiger charge is -2.31. The minimum atomic E-state index is -4.32. The average Bonchev–Trinajstić information content (AvgIpc) is 2.55. The molecule has 0 aromatic carbocycles. The van der Waals surface area contributed by atoms with Crippen molar-refractivity contribution in [3.8, 4) is 0 Å². The van der Waals surface area contributed by atoms with Crippen molar-refractivity contribution in [3.05, 3.63) is 0 Å². The van der Waals surface area contributed by atoms with Crippen molar-refractivity contribution in [2.75, 3.05) is 0 Å². The predicted octanol–water partition coefficient (Wildman–Crippen LogP) is 5.43. The maximum absolute atomic E-state index is 11.4. The lowest BCUT2D eigenvalue weighted by Crippen LogP contribution is -2.53. The lowest BCUT2D eigenvalue weighted by atomic mass is 9.95. The Hall–Kier alpha value is -0.170. The van der Waals surface area contributed by atoms with Crippen LogP contribution < -0.4 is 5.32 Å². The Labute approximate surface area is 168 Å². The molecule has 0 amide bonds. The highest BCUT2D eigenvalue weighted by Gasteiger charge is 2.33. The SMILES string of the molecule is CCCCCCCCCCCCCCCC(C)(C)NC(C(C)O)S(=O)(=O)O. The summed E-state index contributed by atoms with van der Waals surface area (Å²) in [7, 11) is -4.32. The second-order valence-corrected chi connectivity index (χ2v) is 10.2. The zero-order chi connectivity index (χ0) is 20.8. The van der Waals surface area contributed by atoms with E-state index in [2.05, 4.69) is 12.2 Å². The van der Waals surface area contributed by atoms with E-state index in [4.69, 9.17) is 0 Å². The third-order valence-electron chi connectivity index (χ3n) is 5.20. The van der Waals surface area contributed by atoms with Gasteiger partial charge >= 0.3 is 0 Å². The lowest BCUT2D eigenvalue weighted by molar-refractivity contribution is 0.151. The molecule has 0 heterocycles. The van der Waals surface area contributed by atoms with E-state index in [0.29, 0.717) is 0 Å². The molecule has 0 aliphatic rings. The summed E-state index contributed by atoms with van der Waals surface area (Å²) < 4.78 is 32.0. The summed E-state index contributed by atoms with van der Waals surface area (Å²) in [5.74, 6) is 0. The van der Waals surface area contributed by atoms with Crippen molar-refractivity contribution in [1.29, 1.82) is 0 Å². The van der Waals surface area contributed by atoms with E-state index in [-0.39, 0.29) is 0 Å². The maximum Gasteiger partial charge on any atom is 0.283 e. The van der Waals surface area contributed by atoms with Crippen LogP contribution in [0, 0.1) is 0 Å². The van der Waals surface area contributed by atoms with Crippen LogP contribution in [0.2, 0.25) is 0 Å². The molecule has 5 nitrogen and oxygen atoms in total. The second-order valence-electron chi connectivity index (χ2n) is 8.70.